The van der Waals surface area contributed by atoms with Gasteiger partial charge in [-0.05, 0) is 25.0 Å². The normalized spacial score (nSPS) is 11.7. The van der Waals surface area contributed by atoms with Crippen LogP contribution in [0.2, 0.25) is 0 Å². The van der Waals surface area contributed by atoms with Gasteiger partial charge in [-0.1, -0.05) is 25.6 Å². The van der Waals surface area contributed by atoms with Crippen LogP contribution in [-0.2, 0) is 10.5 Å². The molecule has 0 aliphatic carbocycles. The fourth-order valence-corrected chi connectivity index (χ4v) is 2.23. The molecule has 5 nitrogen and oxygen atoms in total. The number of alkyl halides is 2. The maximum Gasteiger partial charge on any atom is 0.329 e. The minimum absolute atomic E-state index is 0.0590. The van der Waals surface area contributed by atoms with Crippen molar-refractivity contribution in [3.8, 4) is 0 Å². The van der Waals surface area contributed by atoms with E-state index >= 15 is 0 Å². The average Bonchev–Trinajstić information content (AvgIpc) is 2.91. The van der Waals surface area contributed by atoms with Crippen LogP contribution in [0.25, 0.3) is 0 Å². The number of carboxylic acid groups (broad SMARTS) is 1. The number of amides is 1. The monoisotopic (exact) mass is 321 g/mol. The minimum atomic E-state index is -2.52. The molecule has 0 fully saturated rings. The lowest BCUT2D eigenvalue weighted by Crippen LogP contribution is -2.53. The maximum absolute atomic E-state index is 12.1. The molecular weight excluding hydrogens is 304 g/mol. The number of rotatable bonds is 8. The van der Waals surface area contributed by atoms with Crippen LogP contribution in [0.4, 0.5) is 8.78 Å². The van der Waals surface area contributed by atoms with E-state index in [-0.39, 0.29) is 30.1 Å². The maximum atomic E-state index is 12.1. The third-order valence-corrected chi connectivity index (χ3v) is 3.91. The van der Waals surface area contributed by atoms with E-state index in [0.717, 1.165) is 0 Å². The molecule has 0 aromatic carbocycles. The molecule has 0 radical (unpaired) electrons. The molecule has 0 bridgehead atoms. The van der Waals surface area contributed by atoms with Crippen LogP contribution in [0, 0.1) is 0 Å². The van der Waals surface area contributed by atoms with E-state index < -0.39 is 23.2 Å². The highest BCUT2D eigenvalue weighted by atomic mass is 32.2. The van der Waals surface area contributed by atoms with Crippen molar-refractivity contribution in [3.63, 3.8) is 0 Å². The van der Waals surface area contributed by atoms with Gasteiger partial charge in [0.15, 0.2) is 5.76 Å². The lowest BCUT2D eigenvalue weighted by molar-refractivity contribution is -0.144. The van der Waals surface area contributed by atoms with Gasteiger partial charge in [0.1, 0.15) is 11.3 Å². The molecule has 1 aromatic heterocycles. The van der Waals surface area contributed by atoms with Crippen LogP contribution in [0.15, 0.2) is 16.5 Å². The molecule has 21 heavy (non-hydrogen) atoms. The van der Waals surface area contributed by atoms with Crippen molar-refractivity contribution in [1.82, 2.24) is 5.32 Å². The van der Waals surface area contributed by atoms with Gasteiger partial charge in [-0.15, -0.1) is 0 Å². The van der Waals surface area contributed by atoms with Crippen molar-refractivity contribution in [2.45, 2.75) is 43.7 Å². The van der Waals surface area contributed by atoms with Gasteiger partial charge in [-0.2, -0.15) is 8.78 Å². The largest absolute Gasteiger partial charge is 0.480 e. The zero-order valence-corrected chi connectivity index (χ0v) is 12.5. The highest BCUT2D eigenvalue weighted by Gasteiger charge is 2.37. The molecule has 1 rings (SSSR count). The second-order valence-electron chi connectivity index (χ2n) is 4.39. The molecule has 1 amide bonds. The summed E-state index contributed by atoms with van der Waals surface area (Å²) in [5.41, 5.74) is -1.36. The van der Waals surface area contributed by atoms with E-state index in [1.165, 1.54) is 12.1 Å². The molecular formula is C13H17F2NO4S. The van der Waals surface area contributed by atoms with Crippen LogP contribution >= 0.6 is 11.8 Å². The number of carbonyl (C=O) groups is 2. The summed E-state index contributed by atoms with van der Waals surface area (Å²) in [6, 6.07) is 2.76. The Labute approximate surface area is 125 Å². The smallest absolute Gasteiger partial charge is 0.329 e. The molecule has 0 unspecified atom stereocenters. The summed E-state index contributed by atoms with van der Waals surface area (Å²) >= 11 is 0.384. The Balaban J connectivity index is 2.77. The molecule has 0 aliphatic heterocycles. The number of halogens is 2. The molecule has 0 spiro atoms. The summed E-state index contributed by atoms with van der Waals surface area (Å²) in [5.74, 6) is -4.23. The Morgan fingerprint density at radius 1 is 1.38 bits per heavy atom. The highest BCUT2D eigenvalue weighted by molar-refractivity contribution is 7.98. The minimum Gasteiger partial charge on any atom is -0.480 e. The Hall–Kier alpha value is -1.57. The van der Waals surface area contributed by atoms with Crippen LogP contribution < -0.4 is 5.32 Å². The van der Waals surface area contributed by atoms with E-state index in [4.69, 9.17) is 4.42 Å². The van der Waals surface area contributed by atoms with E-state index in [1.54, 1.807) is 13.8 Å². The van der Waals surface area contributed by atoms with E-state index in [1.807, 2.05) is 0 Å². The Morgan fingerprint density at radius 3 is 2.48 bits per heavy atom. The summed E-state index contributed by atoms with van der Waals surface area (Å²) in [5, 5.41) is 11.7. The zero-order valence-electron chi connectivity index (χ0n) is 11.7. The Morgan fingerprint density at radius 2 is 2.00 bits per heavy atom. The van der Waals surface area contributed by atoms with Crippen LogP contribution in [0.1, 0.15) is 43.0 Å². The standard InChI is InChI=1S/C13H17F2NO4S/c1-3-13(4-2,11(18)19)16-10(17)9-6-5-8(20-9)7-21-12(14)15/h5-6,12H,3-4,7H2,1-2H3,(H,16,17)(H,18,19). The lowest BCUT2D eigenvalue weighted by Gasteiger charge is -2.27. The van der Waals surface area contributed by atoms with Gasteiger partial charge in [-0.25, -0.2) is 4.79 Å². The second kappa shape index (κ2) is 7.44. The van der Waals surface area contributed by atoms with Crippen molar-refractivity contribution >= 4 is 23.6 Å². The van der Waals surface area contributed by atoms with Crippen LogP contribution in [0.5, 0.6) is 0 Å². The molecule has 1 heterocycles. The number of nitrogens with one attached hydrogen (secondary N) is 1. The van der Waals surface area contributed by atoms with Crippen LogP contribution in [0.3, 0.4) is 0 Å². The predicted octanol–water partition coefficient (Wildman–Crippen LogP) is 3.11. The first-order chi connectivity index (χ1) is 9.84. The van der Waals surface area contributed by atoms with Crippen LogP contribution in [-0.4, -0.2) is 28.3 Å². The van der Waals surface area contributed by atoms with Crippen molar-refractivity contribution in [2.24, 2.45) is 0 Å². The fraction of sp³-hybridized carbons (Fsp3) is 0.538. The summed E-state index contributed by atoms with van der Waals surface area (Å²) in [4.78, 5) is 23.3. The van der Waals surface area contributed by atoms with Crippen molar-refractivity contribution < 1.29 is 27.9 Å². The van der Waals surface area contributed by atoms with E-state index in [2.05, 4.69) is 5.32 Å². The van der Waals surface area contributed by atoms with Gasteiger partial charge < -0.3 is 14.8 Å². The topological polar surface area (TPSA) is 79.5 Å². The van der Waals surface area contributed by atoms with Crippen molar-refractivity contribution in [2.75, 3.05) is 0 Å². The Kier molecular flexibility index (Phi) is 6.19. The third-order valence-electron chi connectivity index (χ3n) is 3.21. The zero-order chi connectivity index (χ0) is 16.0. The molecule has 118 valence electrons. The number of carbonyl (C=O) groups excluding carboxylic acids is 1. The summed E-state index contributed by atoms with van der Waals surface area (Å²) < 4.78 is 29.3. The average molecular weight is 321 g/mol. The molecule has 0 saturated heterocycles. The summed E-state index contributed by atoms with van der Waals surface area (Å²) in [7, 11) is 0. The first kappa shape index (κ1) is 17.5. The second-order valence-corrected chi connectivity index (χ2v) is 5.36. The first-order valence-electron chi connectivity index (χ1n) is 6.39. The number of aliphatic carboxylic acids is 1. The third kappa shape index (κ3) is 4.45. The van der Waals surface area contributed by atoms with Crippen molar-refractivity contribution in [1.29, 1.82) is 0 Å². The van der Waals surface area contributed by atoms with Gasteiger partial charge >= 0.3 is 5.97 Å². The number of furan rings is 1. The highest BCUT2D eigenvalue weighted by Crippen LogP contribution is 2.22. The predicted molar refractivity (Wildman–Crippen MR) is 74.4 cm³/mol. The quantitative estimate of drug-likeness (QED) is 0.769. The molecule has 0 aliphatic rings. The molecule has 0 atom stereocenters. The Bertz CT molecular complexity index is 500. The number of hydrogen-bond acceptors (Lipinski definition) is 4. The van der Waals surface area contributed by atoms with Gasteiger partial charge in [-0.3, -0.25) is 4.79 Å². The SMILES string of the molecule is CCC(CC)(NC(=O)c1ccc(CSC(F)F)o1)C(=O)O. The molecule has 1 aromatic rings. The van der Waals surface area contributed by atoms with Gasteiger partial charge in [0, 0.05) is 0 Å². The molecule has 8 heteroatoms. The number of hydrogen-bond donors (Lipinski definition) is 2. The summed E-state index contributed by atoms with van der Waals surface area (Å²) in [6.45, 7) is 3.31. The lowest BCUT2D eigenvalue weighted by atomic mass is 9.93. The van der Waals surface area contributed by atoms with Gasteiger partial charge in [0.2, 0.25) is 0 Å². The number of carboxylic acids is 1. The first-order valence-corrected chi connectivity index (χ1v) is 7.44. The van der Waals surface area contributed by atoms with Gasteiger partial charge in [0.25, 0.3) is 11.7 Å². The van der Waals surface area contributed by atoms with Gasteiger partial charge in [0.05, 0.1) is 5.75 Å². The van der Waals surface area contributed by atoms with E-state index in [9.17, 15) is 23.5 Å². The van der Waals surface area contributed by atoms with Crippen molar-refractivity contribution in [3.05, 3.63) is 23.7 Å². The fourth-order valence-electron chi connectivity index (χ4n) is 1.78. The number of thioether (sulfide) groups is 1. The summed E-state index contributed by atoms with van der Waals surface area (Å²) in [6.07, 6.45) is 0.443. The molecule has 0 saturated carbocycles. The molecule has 2 N–H and O–H groups in total. The van der Waals surface area contributed by atoms with E-state index in [0.29, 0.717) is 11.8 Å².